The van der Waals surface area contributed by atoms with Crippen LogP contribution in [-0.4, -0.2) is 20.4 Å². The molecule has 0 aliphatic carbocycles. The van der Waals surface area contributed by atoms with Gasteiger partial charge in [0.1, 0.15) is 17.3 Å². The third-order valence-electron chi connectivity index (χ3n) is 11.2. The molecule has 9 nitrogen and oxygen atoms in total. The fourth-order valence-electron chi connectivity index (χ4n) is 7.16. The van der Waals surface area contributed by atoms with Crippen molar-refractivity contribution in [1.82, 2.24) is 0 Å². The lowest BCUT2D eigenvalue weighted by Gasteiger charge is -2.11. The van der Waals surface area contributed by atoms with Crippen molar-refractivity contribution in [1.29, 1.82) is 0 Å². The van der Waals surface area contributed by atoms with Crippen LogP contribution in [0.25, 0.3) is 0 Å². The van der Waals surface area contributed by atoms with Crippen molar-refractivity contribution < 1.29 is 64.7 Å². The average Bonchev–Trinajstić information content (AvgIpc) is 3.43. The Balaban J connectivity index is 0.000000172. The Morgan fingerprint density at radius 1 is 0.405 bits per heavy atom. The van der Waals surface area contributed by atoms with E-state index in [1.165, 1.54) is 66.2 Å². The normalized spacial score (nSPS) is 10.6. The minimum absolute atomic E-state index is 0.0426. The molecule has 0 aliphatic rings. The molecular weight excluding hydrogens is 1060 g/mol. The monoisotopic (exact) mass is 1110 g/mol. The van der Waals surface area contributed by atoms with Gasteiger partial charge < -0.3 is 46.4 Å². The van der Waals surface area contributed by atoms with Crippen molar-refractivity contribution in [2.75, 3.05) is 21.3 Å². The third-order valence-corrected chi connectivity index (χ3v) is 11.6. The van der Waals surface area contributed by atoms with E-state index in [1.54, 1.807) is 18.2 Å². The van der Waals surface area contributed by atoms with Crippen LogP contribution in [0, 0.1) is 41.8 Å². The minimum atomic E-state index is -4.41. The maximum atomic E-state index is 13.5. The van der Waals surface area contributed by atoms with Gasteiger partial charge in [-0.2, -0.15) is 17.6 Å². The second-order valence-corrected chi connectivity index (χ2v) is 17.4. The summed E-state index contributed by atoms with van der Waals surface area (Å²) in [6.07, 6.45) is -4.41. The third kappa shape index (κ3) is 17.7. The Hall–Kier alpha value is -9.16. The number of ether oxygens (including phenoxy) is 1. The van der Waals surface area contributed by atoms with E-state index < -0.39 is 63.9 Å². The molecule has 0 unspecified atom stereocenters. The maximum absolute atomic E-state index is 13.5. The molecule has 19 heteroatoms. The number of hydrogen-bond acceptors (Lipinski definition) is 9. The van der Waals surface area contributed by atoms with Gasteiger partial charge in [0.25, 0.3) is 0 Å². The Morgan fingerprint density at radius 3 is 1.35 bits per heavy atom. The Kier molecular flexibility index (Phi) is 21.2. The predicted octanol–water partition coefficient (Wildman–Crippen LogP) is 16.6. The maximum Gasteiger partial charge on any atom is 0.416 e. The molecule has 0 fully saturated rings. The van der Waals surface area contributed by atoms with Crippen LogP contribution in [-0.2, 0) is 32.4 Å². The lowest BCUT2D eigenvalue weighted by Crippen LogP contribution is -2.07. The summed E-state index contributed by atoms with van der Waals surface area (Å²) in [6.45, 7) is 3.00. The molecule has 0 saturated heterocycles. The lowest BCUT2D eigenvalue weighted by atomic mass is 10.1. The van der Waals surface area contributed by atoms with Crippen molar-refractivity contribution in [3.05, 3.63) is 261 Å². The van der Waals surface area contributed by atoms with Crippen molar-refractivity contribution in [3.63, 3.8) is 0 Å². The van der Waals surface area contributed by atoms with Crippen LogP contribution in [0.4, 0.5) is 62.3 Å². The first kappa shape index (κ1) is 59.1. The van der Waals surface area contributed by atoms with E-state index in [0.29, 0.717) is 30.1 Å². The Morgan fingerprint density at radius 2 is 0.835 bits per heavy atom. The van der Waals surface area contributed by atoms with E-state index in [-0.39, 0.29) is 46.5 Å². The number of benzene rings is 9. The van der Waals surface area contributed by atoms with Gasteiger partial charge in [-0.1, -0.05) is 108 Å². The summed E-state index contributed by atoms with van der Waals surface area (Å²) in [4.78, 5) is 0. The molecule has 0 heterocycles. The van der Waals surface area contributed by atoms with Gasteiger partial charge in [0.15, 0.2) is 46.3 Å². The van der Waals surface area contributed by atoms with Crippen LogP contribution in [0.3, 0.4) is 0 Å². The average molecular weight is 1110 g/mol. The van der Waals surface area contributed by atoms with Crippen molar-refractivity contribution in [2.24, 2.45) is 0 Å². The number of halogens is 10. The van der Waals surface area contributed by atoms with Crippen molar-refractivity contribution >= 4 is 34.4 Å². The van der Waals surface area contributed by atoms with Gasteiger partial charge in [-0.15, -0.1) is 0 Å². The predicted molar refractivity (Wildman–Crippen MR) is 289 cm³/mol. The van der Waals surface area contributed by atoms with Crippen molar-refractivity contribution in [2.45, 2.75) is 39.3 Å². The molecule has 9 aromatic rings. The summed E-state index contributed by atoms with van der Waals surface area (Å²) in [7, 11) is 0. The SMILES string of the molecule is Cc1cccc(CNc2cccc(F)c2O)c1.Oc1c(F)cccc1NCc1c(F)cccc1Cl.Oc1c(F)cccc1NCc1cccc(C(F)(F)F)c1.Oc1c(NCc2cccc(Oc3ccccc3)c2)ccc(F)c1F. The zero-order valence-corrected chi connectivity index (χ0v) is 42.5. The molecule has 0 atom stereocenters. The summed E-state index contributed by atoms with van der Waals surface area (Å²) in [6, 6.07) is 48.6. The van der Waals surface area contributed by atoms with Gasteiger partial charge in [0, 0.05) is 36.8 Å². The lowest BCUT2D eigenvalue weighted by molar-refractivity contribution is -0.137. The highest BCUT2D eigenvalue weighted by Gasteiger charge is 2.30. The number of hydrogen-bond donors (Lipinski definition) is 8. The zero-order chi connectivity index (χ0) is 57.1. The molecule has 9 aromatic carbocycles. The largest absolute Gasteiger partial charge is 0.503 e. The van der Waals surface area contributed by atoms with Gasteiger partial charge in [-0.25, -0.2) is 22.0 Å². The molecule has 410 valence electrons. The number of rotatable bonds is 14. The summed E-state index contributed by atoms with van der Waals surface area (Å²) in [5.41, 5.74) is 3.88. The summed E-state index contributed by atoms with van der Waals surface area (Å²) in [5.74, 6) is -5.67. The number of nitrogens with one attached hydrogen (secondary N) is 4. The van der Waals surface area contributed by atoms with Crippen LogP contribution < -0.4 is 26.0 Å². The van der Waals surface area contributed by atoms with E-state index in [9.17, 15) is 59.9 Å². The summed E-state index contributed by atoms with van der Waals surface area (Å²) < 4.78 is 122. The topological polar surface area (TPSA) is 138 Å². The molecule has 0 bridgehead atoms. The van der Waals surface area contributed by atoms with Crippen LogP contribution in [0.2, 0.25) is 5.02 Å². The van der Waals surface area contributed by atoms with E-state index in [1.807, 2.05) is 85.8 Å². The van der Waals surface area contributed by atoms with E-state index in [2.05, 4.69) is 21.3 Å². The first-order valence-electron chi connectivity index (χ1n) is 23.8. The highest BCUT2D eigenvalue weighted by atomic mass is 35.5. The highest BCUT2D eigenvalue weighted by Crippen LogP contribution is 2.33. The Bertz CT molecular complexity index is 3430. The molecule has 9 rings (SSSR count). The number of para-hydroxylation sites is 4. The number of phenols is 4. The van der Waals surface area contributed by atoms with Crippen LogP contribution in [0.1, 0.15) is 33.4 Å². The molecular formula is C60H50ClF9N4O5. The first-order chi connectivity index (χ1) is 37.8. The molecule has 8 N–H and O–H groups in total. The molecule has 0 saturated carbocycles. The molecule has 0 radical (unpaired) electrons. The van der Waals surface area contributed by atoms with Gasteiger partial charge in [0.2, 0.25) is 5.82 Å². The first-order valence-corrected chi connectivity index (χ1v) is 24.2. The number of aromatic hydroxyl groups is 4. The van der Waals surface area contributed by atoms with E-state index in [4.69, 9.17) is 16.3 Å². The van der Waals surface area contributed by atoms with Crippen LogP contribution in [0.5, 0.6) is 34.5 Å². The zero-order valence-electron chi connectivity index (χ0n) is 41.7. The second-order valence-electron chi connectivity index (χ2n) is 17.0. The van der Waals surface area contributed by atoms with Gasteiger partial charge in [0.05, 0.1) is 28.3 Å². The summed E-state index contributed by atoms with van der Waals surface area (Å²) >= 11 is 5.85. The molecule has 0 aliphatic heterocycles. The number of anilines is 4. The summed E-state index contributed by atoms with van der Waals surface area (Å²) in [5, 5.41) is 49.6. The molecule has 79 heavy (non-hydrogen) atoms. The fourth-order valence-corrected chi connectivity index (χ4v) is 7.39. The molecule has 0 amide bonds. The van der Waals surface area contributed by atoms with Gasteiger partial charge in [-0.05, 0) is 121 Å². The minimum Gasteiger partial charge on any atom is -0.503 e. The number of phenolic OH excluding ortho intramolecular Hbond substituents is 4. The van der Waals surface area contributed by atoms with Gasteiger partial charge in [-0.3, -0.25) is 0 Å². The van der Waals surface area contributed by atoms with Crippen LogP contribution in [0.15, 0.2) is 188 Å². The Labute approximate surface area is 453 Å². The van der Waals surface area contributed by atoms with Crippen molar-refractivity contribution in [3.8, 4) is 34.5 Å². The number of aryl methyl sites for hydroxylation is 1. The van der Waals surface area contributed by atoms with Crippen LogP contribution >= 0.6 is 11.6 Å². The quantitative estimate of drug-likeness (QED) is 0.0395. The molecule has 0 aromatic heterocycles. The highest BCUT2D eigenvalue weighted by molar-refractivity contribution is 6.31. The smallest absolute Gasteiger partial charge is 0.416 e. The van der Waals surface area contributed by atoms with Gasteiger partial charge >= 0.3 is 6.18 Å². The number of alkyl halides is 3. The molecule has 0 spiro atoms. The van der Waals surface area contributed by atoms with E-state index in [0.717, 1.165) is 47.2 Å². The van der Waals surface area contributed by atoms with E-state index >= 15 is 0 Å². The standard InChI is InChI=1S/C19H15F2NO2.C14H11F4NO.C14H14FNO.C13H10ClF2NO/c20-16-9-10-17(19(23)18(16)21)22-12-13-5-4-8-15(11-13)24-14-6-2-1-3-7-14;15-11-5-2-6-12(13(11)20)19-8-9-3-1-4-10(7-9)14(16,17)18;1-10-4-2-5-11(8-10)9-16-13-7-3-6-12(15)14(13)17;14-9-3-1-4-10(15)8(9)7-17-12-6-2-5-11(16)13(12)18/h1-11,22-23H,12H2;1-7,19-20H,8H2;2-8,16-17H,9H2,1H3;1-6,17-18H,7H2. The second kappa shape index (κ2) is 28.3. The fraction of sp³-hybridized carbons (Fsp3) is 0.100.